The van der Waals surface area contributed by atoms with Crippen LogP contribution in [0.25, 0.3) is 0 Å². The number of allylic oxidation sites excluding steroid dienone is 1. The molecule has 2 nitrogen and oxygen atoms in total. The van der Waals surface area contributed by atoms with Gasteiger partial charge in [-0.25, -0.2) is 0 Å². The Kier molecular flexibility index (Phi) is 3.09. The van der Waals surface area contributed by atoms with Gasteiger partial charge in [0.1, 0.15) is 0 Å². The Hall–Kier alpha value is -1.05. The quantitative estimate of drug-likeness (QED) is 0.617. The van der Waals surface area contributed by atoms with Crippen molar-refractivity contribution in [1.29, 1.82) is 0 Å². The Bertz CT molecular complexity index is 198. The number of hydrogen-bond donors (Lipinski definition) is 1. The zero-order chi connectivity index (χ0) is 8.97. The molecule has 0 aromatic carbocycles. The van der Waals surface area contributed by atoms with Crippen LogP contribution in [-0.2, 0) is 4.79 Å². The largest absolute Gasteiger partial charge is 0.356 e. The summed E-state index contributed by atoms with van der Waals surface area (Å²) in [7, 11) is 0. The van der Waals surface area contributed by atoms with Crippen molar-refractivity contribution in [3.8, 4) is 0 Å². The molecule has 2 heteroatoms. The molecule has 0 aromatic rings. The summed E-state index contributed by atoms with van der Waals surface area (Å²) in [5.41, 5.74) is 0. The molecule has 1 rings (SSSR count). The minimum absolute atomic E-state index is 0.0787. The minimum atomic E-state index is -0.0787. The van der Waals surface area contributed by atoms with E-state index >= 15 is 0 Å². The highest BCUT2D eigenvalue weighted by atomic mass is 16.1. The first-order valence-corrected chi connectivity index (χ1v) is 4.32. The number of nitrogens with one attached hydrogen (secondary N) is 1. The normalized spacial score (nSPS) is 30.2. The van der Waals surface area contributed by atoms with Gasteiger partial charge in [0.25, 0.3) is 0 Å². The van der Waals surface area contributed by atoms with Crippen LogP contribution in [0.4, 0.5) is 0 Å². The zero-order valence-corrected chi connectivity index (χ0v) is 7.25. The molecule has 0 aliphatic carbocycles. The maximum Gasteiger partial charge on any atom is 0.227 e. The number of hydrogen-bond acceptors (Lipinski definition) is 1. The second-order valence-corrected chi connectivity index (χ2v) is 3.09. The van der Waals surface area contributed by atoms with Crippen LogP contribution in [0.1, 0.15) is 12.8 Å². The van der Waals surface area contributed by atoms with Crippen LogP contribution < -0.4 is 5.32 Å². The van der Waals surface area contributed by atoms with E-state index in [0.717, 1.165) is 19.4 Å². The highest BCUT2D eigenvalue weighted by Crippen LogP contribution is 2.22. The maximum absolute atomic E-state index is 11.4. The van der Waals surface area contributed by atoms with Crippen LogP contribution in [0, 0.1) is 11.8 Å². The van der Waals surface area contributed by atoms with Gasteiger partial charge in [-0.1, -0.05) is 12.2 Å². The van der Waals surface area contributed by atoms with Gasteiger partial charge in [0.2, 0.25) is 5.91 Å². The van der Waals surface area contributed by atoms with Gasteiger partial charge in [0.05, 0.1) is 5.92 Å². The third kappa shape index (κ3) is 1.76. The van der Waals surface area contributed by atoms with Gasteiger partial charge >= 0.3 is 0 Å². The first-order chi connectivity index (χ1) is 5.79. The lowest BCUT2D eigenvalue weighted by Crippen LogP contribution is -2.30. The van der Waals surface area contributed by atoms with E-state index in [4.69, 9.17) is 0 Å². The lowest BCUT2D eigenvalue weighted by atomic mass is 9.89. The van der Waals surface area contributed by atoms with Gasteiger partial charge in [-0.2, -0.15) is 0 Å². The predicted molar refractivity (Wildman–Crippen MR) is 49.6 cm³/mol. The molecule has 0 spiro atoms. The summed E-state index contributed by atoms with van der Waals surface area (Å²) in [5, 5.41) is 2.85. The van der Waals surface area contributed by atoms with Crippen molar-refractivity contribution in [3.63, 3.8) is 0 Å². The van der Waals surface area contributed by atoms with Crippen molar-refractivity contribution in [1.82, 2.24) is 5.32 Å². The van der Waals surface area contributed by atoms with E-state index in [-0.39, 0.29) is 17.7 Å². The number of amides is 1. The summed E-state index contributed by atoms with van der Waals surface area (Å²) in [6.45, 7) is 8.18. The molecule has 12 heavy (non-hydrogen) atoms. The van der Waals surface area contributed by atoms with Gasteiger partial charge in [0.15, 0.2) is 0 Å². The Labute approximate surface area is 73.4 Å². The zero-order valence-electron chi connectivity index (χ0n) is 7.25. The molecule has 2 unspecified atom stereocenters. The summed E-state index contributed by atoms with van der Waals surface area (Å²) >= 11 is 0. The second kappa shape index (κ2) is 4.10. The third-order valence-corrected chi connectivity index (χ3v) is 2.33. The maximum atomic E-state index is 11.4. The summed E-state index contributed by atoms with van der Waals surface area (Å²) in [6, 6.07) is 0. The Balaban J connectivity index is 2.75. The van der Waals surface area contributed by atoms with E-state index in [1.807, 2.05) is 6.08 Å². The Morgan fingerprint density at radius 3 is 2.75 bits per heavy atom. The van der Waals surface area contributed by atoms with Crippen LogP contribution >= 0.6 is 0 Å². The second-order valence-electron chi connectivity index (χ2n) is 3.09. The molecule has 0 aromatic heterocycles. The summed E-state index contributed by atoms with van der Waals surface area (Å²) in [5.74, 6) is 0.280. The fraction of sp³-hybridized carbons (Fsp3) is 0.500. The molecule has 1 N–H and O–H groups in total. The summed E-state index contributed by atoms with van der Waals surface area (Å²) in [4.78, 5) is 11.4. The van der Waals surface area contributed by atoms with Gasteiger partial charge in [-0.05, 0) is 18.8 Å². The molecular formula is C10H15NO. The molecular weight excluding hydrogens is 150 g/mol. The average molecular weight is 165 g/mol. The number of carbonyl (C=O) groups excluding carboxylic acids is 1. The van der Waals surface area contributed by atoms with E-state index in [0.29, 0.717) is 0 Å². The summed E-state index contributed by atoms with van der Waals surface area (Å²) < 4.78 is 0. The highest BCUT2D eigenvalue weighted by molar-refractivity contribution is 5.81. The first-order valence-electron chi connectivity index (χ1n) is 4.32. The molecule has 0 bridgehead atoms. The monoisotopic (exact) mass is 165 g/mol. The van der Waals surface area contributed by atoms with Crippen molar-refractivity contribution in [2.45, 2.75) is 12.8 Å². The topological polar surface area (TPSA) is 29.1 Å². The molecule has 1 heterocycles. The van der Waals surface area contributed by atoms with Crippen molar-refractivity contribution in [2.75, 3.05) is 6.54 Å². The van der Waals surface area contributed by atoms with Crippen LogP contribution in [0.15, 0.2) is 25.3 Å². The van der Waals surface area contributed by atoms with Crippen molar-refractivity contribution < 1.29 is 4.79 Å². The standard InChI is InChI=1S/C10H15NO/c1-3-8-6-5-7-11-10(12)9(8)4-2/h3-4,8-9H,1-2,5-7H2,(H,11,12). The van der Waals surface area contributed by atoms with Crippen LogP contribution in [0.5, 0.6) is 0 Å². The fourth-order valence-electron chi connectivity index (χ4n) is 1.59. The SMILES string of the molecule is C=CC1CCCNC(=O)C1C=C. The molecule has 1 aliphatic rings. The van der Waals surface area contributed by atoms with E-state index in [1.54, 1.807) is 6.08 Å². The Morgan fingerprint density at radius 1 is 1.42 bits per heavy atom. The van der Waals surface area contributed by atoms with Crippen LogP contribution in [0.3, 0.4) is 0 Å². The lowest BCUT2D eigenvalue weighted by molar-refractivity contribution is -0.123. The molecule has 66 valence electrons. The molecule has 2 atom stereocenters. The van der Waals surface area contributed by atoms with E-state index in [9.17, 15) is 4.79 Å². The lowest BCUT2D eigenvalue weighted by Gasteiger charge is -2.15. The number of carbonyl (C=O) groups is 1. The smallest absolute Gasteiger partial charge is 0.227 e. The van der Waals surface area contributed by atoms with Crippen LogP contribution in [0.2, 0.25) is 0 Å². The molecule has 0 radical (unpaired) electrons. The molecule has 1 fully saturated rings. The van der Waals surface area contributed by atoms with Gasteiger partial charge < -0.3 is 5.32 Å². The first kappa shape index (κ1) is 9.04. The molecule has 0 saturated carbocycles. The molecule has 1 saturated heterocycles. The van der Waals surface area contributed by atoms with Crippen molar-refractivity contribution in [3.05, 3.63) is 25.3 Å². The van der Waals surface area contributed by atoms with Crippen molar-refractivity contribution in [2.24, 2.45) is 11.8 Å². The summed E-state index contributed by atoms with van der Waals surface area (Å²) in [6.07, 6.45) is 5.63. The fourth-order valence-corrected chi connectivity index (χ4v) is 1.59. The highest BCUT2D eigenvalue weighted by Gasteiger charge is 2.24. The number of rotatable bonds is 2. The van der Waals surface area contributed by atoms with Crippen molar-refractivity contribution >= 4 is 5.91 Å². The van der Waals surface area contributed by atoms with E-state index < -0.39 is 0 Å². The average Bonchev–Trinajstić information content (AvgIpc) is 2.26. The van der Waals surface area contributed by atoms with Gasteiger partial charge in [-0.3, -0.25) is 4.79 Å². The van der Waals surface area contributed by atoms with E-state index in [1.165, 1.54) is 0 Å². The van der Waals surface area contributed by atoms with E-state index in [2.05, 4.69) is 18.5 Å². The van der Waals surface area contributed by atoms with Gasteiger partial charge in [-0.15, -0.1) is 13.2 Å². The predicted octanol–water partition coefficient (Wildman–Crippen LogP) is 1.50. The van der Waals surface area contributed by atoms with Gasteiger partial charge in [0, 0.05) is 6.54 Å². The third-order valence-electron chi connectivity index (χ3n) is 2.33. The Morgan fingerprint density at radius 2 is 2.17 bits per heavy atom. The molecule has 1 aliphatic heterocycles. The molecule has 1 amide bonds. The minimum Gasteiger partial charge on any atom is -0.356 e. The van der Waals surface area contributed by atoms with Crippen LogP contribution in [-0.4, -0.2) is 12.5 Å².